The predicted molar refractivity (Wildman–Crippen MR) is 97.4 cm³/mol. The Morgan fingerprint density at radius 2 is 1.73 bits per heavy atom. The van der Waals surface area contributed by atoms with Crippen LogP contribution in [0.3, 0.4) is 0 Å². The average Bonchev–Trinajstić information content (AvgIpc) is 2.68. The number of anilines is 1. The zero-order valence-electron chi connectivity index (χ0n) is 14.6. The average molecular weight is 358 g/mol. The maximum Gasteiger partial charge on any atom is 0.161 e. The highest BCUT2D eigenvalue weighted by molar-refractivity contribution is 5.47. The molecule has 0 amide bonds. The van der Waals surface area contributed by atoms with Gasteiger partial charge in [0.15, 0.2) is 11.5 Å². The van der Waals surface area contributed by atoms with Gasteiger partial charge in [0.25, 0.3) is 0 Å². The van der Waals surface area contributed by atoms with Gasteiger partial charge >= 0.3 is 0 Å². The van der Waals surface area contributed by atoms with E-state index in [0.29, 0.717) is 25.5 Å². The van der Waals surface area contributed by atoms with E-state index in [1.54, 1.807) is 12.1 Å². The third kappa shape index (κ3) is 3.76. The van der Waals surface area contributed by atoms with Crippen LogP contribution in [0.5, 0.6) is 11.5 Å². The number of fused-ring (bicyclic) bond motifs is 1. The molecule has 4 rings (SSSR count). The van der Waals surface area contributed by atoms with Crippen molar-refractivity contribution in [1.29, 1.82) is 0 Å². The second-order valence-electron chi connectivity index (χ2n) is 6.69. The monoisotopic (exact) mass is 358 g/mol. The first-order valence-corrected chi connectivity index (χ1v) is 8.99. The summed E-state index contributed by atoms with van der Waals surface area (Å²) in [5, 5.41) is 10.6. The number of hydrogen-bond donors (Lipinski definition) is 1. The summed E-state index contributed by atoms with van der Waals surface area (Å²) in [7, 11) is 0. The summed E-state index contributed by atoms with van der Waals surface area (Å²) in [5.41, 5.74) is 1.75. The number of piperazine rings is 1. The van der Waals surface area contributed by atoms with Crippen molar-refractivity contribution in [1.82, 2.24) is 4.90 Å². The Balaban J connectivity index is 1.34. The third-order valence-electron chi connectivity index (χ3n) is 4.93. The smallest absolute Gasteiger partial charge is 0.161 e. The molecule has 5 nitrogen and oxygen atoms in total. The molecule has 2 aliphatic rings. The van der Waals surface area contributed by atoms with Gasteiger partial charge in [-0.3, -0.25) is 4.90 Å². The van der Waals surface area contributed by atoms with Gasteiger partial charge in [0.2, 0.25) is 0 Å². The molecule has 2 aromatic carbocycles. The molecule has 2 aliphatic heterocycles. The van der Waals surface area contributed by atoms with Crippen LogP contribution in [0.15, 0.2) is 42.5 Å². The van der Waals surface area contributed by atoms with E-state index < -0.39 is 6.10 Å². The second-order valence-corrected chi connectivity index (χ2v) is 6.69. The largest absolute Gasteiger partial charge is 0.486 e. The number of ether oxygens (including phenoxy) is 2. The lowest BCUT2D eigenvalue weighted by Crippen LogP contribution is -2.47. The molecule has 0 bridgehead atoms. The predicted octanol–water partition coefficient (Wildman–Crippen LogP) is 2.45. The maximum absolute atomic E-state index is 13.4. The van der Waals surface area contributed by atoms with Crippen molar-refractivity contribution in [3.63, 3.8) is 0 Å². The zero-order valence-corrected chi connectivity index (χ0v) is 14.6. The van der Waals surface area contributed by atoms with Crippen LogP contribution in [0.25, 0.3) is 0 Å². The van der Waals surface area contributed by atoms with Crippen LogP contribution in [0, 0.1) is 5.82 Å². The molecule has 1 fully saturated rings. The van der Waals surface area contributed by atoms with E-state index in [2.05, 4.69) is 9.80 Å². The van der Waals surface area contributed by atoms with Crippen LogP contribution >= 0.6 is 0 Å². The fraction of sp³-hybridized carbons (Fsp3) is 0.400. The van der Waals surface area contributed by atoms with E-state index in [0.717, 1.165) is 43.2 Å². The van der Waals surface area contributed by atoms with Gasteiger partial charge in [-0.05, 0) is 35.9 Å². The Morgan fingerprint density at radius 1 is 0.962 bits per heavy atom. The van der Waals surface area contributed by atoms with E-state index in [4.69, 9.17) is 9.47 Å². The minimum atomic E-state index is -0.577. The first-order valence-electron chi connectivity index (χ1n) is 8.99. The Bertz CT molecular complexity index is 762. The van der Waals surface area contributed by atoms with E-state index in [-0.39, 0.29) is 5.82 Å². The highest BCUT2D eigenvalue weighted by Gasteiger charge is 2.22. The molecule has 138 valence electrons. The van der Waals surface area contributed by atoms with Crippen molar-refractivity contribution in [2.45, 2.75) is 6.10 Å². The Kier molecular flexibility index (Phi) is 4.95. The molecule has 6 heteroatoms. The van der Waals surface area contributed by atoms with Crippen LogP contribution in [-0.2, 0) is 0 Å². The van der Waals surface area contributed by atoms with Crippen LogP contribution < -0.4 is 14.4 Å². The van der Waals surface area contributed by atoms with Gasteiger partial charge in [0.05, 0.1) is 6.10 Å². The first-order chi connectivity index (χ1) is 12.7. The normalized spacial score (nSPS) is 18.6. The summed E-state index contributed by atoms with van der Waals surface area (Å²) in [6, 6.07) is 12.3. The number of rotatable bonds is 4. The number of halogens is 1. The van der Waals surface area contributed by atoms with Gasteiger partial charge in [-0.25, -0.2) is 4.39 Å². The minimum absolute atomic E-state index is 0.209. The lowest BCUT2D eigenvalue weighted by atomic mass is 10.1. The summed E-state index contributed by atoms with van der Waals surface area (Å²) < 4.78 is 24.5. The van der Waals surface area contributed by atoms with Gasteiger partial charge in [-0.2, -0.15) is 0 Å². The van der Waals surface area contributed by atoms with E-state index in [9.17, 15) is 9.50 Å². The number of benzene rings is 2. The molecule has 0 aromatic heterocycles. The van der Waals surface area contributed by atoms with Crippen molar-refractivity contribution >= 4 is 5.69 Å². The highest BCUT2D eigenvalue weighted by atomic mass is 19.1. The number of aliphatic hydroxyl groups is 1. The van der Waals surface area contributed by atoms with E-state index in [1.807, 2.05) is 24.3 Å². The fourth-order valence-corrected chi connectivity index (χ4v) is 3.48. The summed E-state index contributed by atoms with van der Waals surface area (Å²) >= 11 is 0. The molecule has 0 radical (unpaired) electrons. The summed E-state index contributed by atoms with van der Waals surface area (Å²) in [6.07, 6.45) is -0.577. The van der Waals surface area contributed by atoms with Gasteiger partial charge in [0, 0.05) is 38.4 Å². The summed E-state index contributed by atoms with van der Waals surface area (Å²) in [5.74, 6) is 1.22. The summed E-state index contributed by atoms with van der Waals surface area (Å²) in [6.45, 7) is 4.96. The third-order valence-corrected chi connectivity index (χ3v) is 4.93. The Labute approximate surface area is 152 Å². The van der Waals surface area contributed by atoms with Crippen molar-refractivity contribution in [2.75, 3.05) is 50.8 Å². The molecule has 1 saturated heterocycles. The highest BCUT2D eigenvalue weighted by Crippen LogP contribution is 2.33. The van der Waals surface area contributed by atoms with Gasteiger partial charge in [0.1, 0.15) is 19.0 Å². The number of aliphatic hydroxyl groups excluding tert-OH is 1. The standard InChI is InChI=1S/C20H23FN2O3/c21-16-2-1-3-17(13-16)23-8-6-22(7-9-23)14-18(24)15-4-5-19-20(12-15)26-11-10-25-19/h1-5,12-13,18,24H,6-11,14H2. The van der Waals surface area contributed by atoms with E-state index >= 15 is 0 Å². The lowest BCUT2D eigenvalue weighted by molar-refractivity contribution is 0.108. The molecule has 0 aliphatic carbocycles. The van der Waals surface area contributed by atoms with Crippen LogP contribution in [0.2, 0.25) is 0 Å². The van der Waals surface area contributed by atoms with Gasteiger partial charge in [-0.15, -0.1) is 0 Å². The van der Waals surface area contributed by atoms with Gasteiger partial charge < -0.3 is 19.5 Å². The molecule has 26 heavy (non-hydrogen) atoms. The lowest BCUT2D eigenvalue weighted by Gasteiger charge is -2.37. The number of β-amino-alcohol motifs (C(OH)–C–C–N with tert-alkyl or cyclic N) is 1. The number of nitrogens with zero attached hydrogens (tertiary/aromatic N) is 2. The molecule has 1 unspecified atom stereocenters. The zero-order chi connectivity index (χ0) is 17.9. The fourth-order valence-electron chi connectivity index (χ4n) is 3.48. The van der Waals surface area contributed by atoms with Crippen molar-refractivity contribution < 1.29 is 19.0 Å². The van der Waals surface area contributed by atoms with Gasteiger partial charge in [-0.1, -0.05) is 12.1 Å². The first kappa shape index (κ1) is 17.1. The van der Waals surface area contributed by atoms with Crippen molar-refractivity contribution in [3.05, 3.63) is 53.8 Å². The SMILES string of the molecule is OC(CN1CCN(c2cccc(F)c2)CC1)c1ccc2c(c1)OCCO2. The maximum atomic E-state index is 13.4. The molecule has 2 aromatic rings. The number of hydrogen-bond acceptors (Lipinski definition) is 5. The minimum Gasteiger partial charge on any atom is -0.486 e. The van der Waals surface area contributed by atoms with Crippen molar-refractivity contribution in [2.24, 2.45) is 0 Å². The van der Waals surface area contributed by atoms with Crippen molar-refractivity contribution in [3.8, 4) is 11.5 Å². The molecule has 0 spiro atoms. The Hall–Kier alpha value is -2.31. The molecule has 2 heterocycles. The van der Waals surface area contributed by atoms with E-state index in [1.165, 1.54) is 6.07 Å². The molecular weight excluding hydrogens is 335 g/mol. The Morgan fingerprint density at radius 3 is 2.50 bits per heavy atom. The second kappa shape index (κ2) is 7.51. The molecular formula is C20H23FN2O3. The molecule has 0 saturated carbocycles. The van der Waals surface area contributed by atoms with Crippen LogP contribution in [0.1, 0.15) is 11.7 Å². The molecule has 1 N–H and O–H groups in total. The van der Waals surface area contributed by atoms with Crippen LogP contribution in [0.4, 0.5) is 10.1 Å². The van der Waals surface area contributed by atoms with Crippen LogP contribution in [-0.4, -0.2) is 55.9 Å². The quantitative estimate of drug-likeness (QED) is 0.910. The topological polar surface area (TPSA) is 45.2 Å². The molecule has 1 atom stereocenters. The summed E-state index contributed by atoms with van der Waals surface area (Å²) in [4.78, 5) is 4.41.